The van der Waals surface area contributed by atoms with Crippen LogP contribution in [0.3, 0.4) is 0 Å². The summed E-state index contributed by atoms with van der Waals surface area (Å²) in [5, 5.41) is 17.6. The van der Waals surface area contributed by atoms with E-state index in [1.54, 1.807) is 13.0 Å². The SMILES string of the molecule is CCCC1Nc2nc(Cl)cc(C)c2CC1=O.CCC[C@H](Nc1nc(Cl)cc(C)c1[N+](=O)[O-])C(=O)OC.O=C=O.O=C=O. The maximum Gasteiger partial charge on any atom is 0.373 e. The van der Waals surface area contributed by atoms with Crippen LogP contribution in [0.5, 0.6) is 0 Å². The second kappa shape index (κ2) is 19.8. The number of carbonyl (C=O) groups excluding carboxylic acids is 6. The predicted molar refractivity (Wildman–Crippen MR) is 150 cm³/mol. The van der Waals surface area contributed by atoms with Crippen molar-refractivity contribution < 1.29 is 38.4 Å². The Balaban J connectivity index is 0.000000683. The molecule has 2 aromatic rings. The lowest BCUT2D eigenvalue weighted by Crippen LogP contribution is -2.36. The van der Waals surface area contributed by atoms with Gasteiger partial charge in [0.15, 0.2) is 5.78 Å². The summed E-state index contributed by atoms with van der Waals surface area (Å²) in [5.74, 6) is 0.508. The molecule has 42 heavy (non-hydrogen) atoms. The number of esters is 1. The van der Waals surface area contributed by atoms with Crippen molar-refractivity contribution in [3.63, 3.8) is 0 Å². The minimum atomic E-state index is -0.700. The fraction of sp³-hybridized carbons (Fsp3) is 0.462. The van der Waals surface area contributed by atoms with Gasteiger partial charge in [-0.3, -0.25) is 14.9 Å². The summed E-state index contributed by atoms with van der Waals surface area (Å²) in [6.45, 7) is 7.48. The minimum Gasteiger partial charge on any atom is -0.467 e. The number of ether oxygens (including phenoxy) is 1. The van der Waals surface area contributed by atoms with Gasteiger partial charge in [-0.1, -0.05) is 49.9 Å². The first kappa shape index (κ1) is 37.8. The summed E-state index contributed by atoms with van der Waals surface area (Å²) in [6.07, 6.45) is 3.99. The Morgan fingerprint density at radius 1 is 1.12 bits per heavy atom. The van der Waals surface area contributed by atoms with Crippen LogP contribution in [0.15, 0.2) is 12.1 Å². The number of ketones is 1. The summed E-state index contributed by atoms with van der Waals surface area (Å²) < 4.78 is 4.67. The first-order chi connectivity index (χ1) is 19.8. The van der Waals surface area contributed by atoms with E-state index >= 15 is 0 Å². The summed E-state index contributed by atoms with van der Waals surface area (Å²) in [6, 6.07) is 2.41. The average Bonchev–Trinajstić information content (AvgIpc) is 2.90. The molecule has 1 aliphatic rings. The molecule has 14 nitrogen and oxygen atoms in total. The molecule has 0 aliphatic carbocycles. The first-order valence-corrected chi connectivity index (χ1v) is 13.2. The van der Waals surface area contributed by atoms with E-state index in [9.17, 15) is 19.7 Å². The number of fused-ring (bicyclic) bond motifs is 1. The number of carbonyl (C=O) groups is 2. The molecule has 2 aromatic heterocycles. The Morgan fingerprint density at radius 2 is 1.67 bits per heavy atom. The van der Waals surface area contributed by atoms with E-state index in [1.807, 2.05) is 13.8 Å². The van der Waals surface area contributed by atoms with Gasteiger partial charge in [-0.2, -0.15) is 19.2 Å². The fourth-order valence-corrected chi connectivity index (χ4v) is 4.36. The van der Waals surface area contributed by atoms with Gasteiger partial charge in [0.25, 0.3) is 0 Å². The number of anilines is 2. The van der Waals surface area contributed by atoms with Crippen LogP contribution in [-0.2, 0) is 39.9 Å². The fourth-order valence-electron chi connectivity index (χ4n) is 3.87. The van der Waals surface area contributed by atoms with E-state index in [2.05, 4.69) is 32.3 Å². The highest BCUT2D eigenvalue weighted by Crippen LogP contribution is 2.30. The monoisotopic (exact) mass is 627 g/mol. The molecule has 0 saturated carbocycles. The quantitative estimate of drug-likeness (QED) is 0.181. The molecule has 0 aromatic carbocycles. The average molecular weight is 628 g/mol. The van der Waals surface area contributed by atoms with Crippen molar-refractivity contribution in [3.8, 4) is 0 Å². The number of aryl methyl sites for hydroxylation is 2. The highest BCUT2D eigenvalue weighted by atomic mass is 35.5. The number of hydrogen-bond donors (Lipinski definition) is 2. The lowest BCUT2D eigenvalue weighted by Gasteiger charge is -2.26. The zero-order valence-electron chi connectivity index (χ0n) is 23.6. The molecule has 2 atom stereocenters. The van der Waals surface area contributed by atoms with Crippen LogP contribution >= 0.6 is 23.2 Å². The van der Waals surface area contributed by atoms with Crippen molar-refractivity contribution in [3.05, 3.63) is 49.2 Å². The van der Waals surface area contributed by atoms with Crippen LogP contribution in [0.25, 0.3) is 0 Å². The smallest absolute Gasteiger partial charge is 0.373 e. The lowest BCUT2D eigenvalue weighted by atomic mass is 9.94. The second-order valence-electron chi connectivity index (χ2n) is 8.61. The highest BCUT2D eigenvalue weighted by molar-refractivity contribution is 6.30. The number of rotatable bonds is 8. The number of nitrogens with zero attached hydrogens (tertiary/aromatic N) is 3. The standard InChI is InChI=1S/C12H16ClN3O4.C12H15ClN2O.2CO2/c1-4-5-8(12(17)20-3)14-11-10(16(18)19)7(2)6-9(13)15-11;1-3-4-9-10(16)6-8-7(2)5-11(13)15-12(8)14-9;2*2-1-3/h6,8H,4-5H2,1-3H3,(H,14,15);5,9H,3-4,6H2,1-2H3,(H,14,15);;/t8-;;;/m0.../s1. The molecule has 0 spiro atoms. The van der Waals surface area contributed by atoms with Crippen LogP contribution < -0.4 is 10.6 Å². The van der Waals surface area contributed by atoms with Crippen molar-refractivity contribution in [2.45, 2.75) is 71.9 Å². The number of methoxy groups -OCH3 is 1. The zero-order chi connectivity index (χ0) is 32.4. The zero-order valence-corrected chi connectivity index (χ0v) is 25.1. The molecule has 3 heterocycles. The van der Waals surface area contributed by atoms with Gasteiger partial charge in [0.2, 0.25) is 5.82 Å². The Morgan fingerprint density at radius 3 is 2.17 bits per heavy atom. The van der Waals surface area contributed by atoms with Crippen molar-refractivity contribution in [1.82, 2.24) is 9.97 Å². The summed E-state index contributed by atoms with van der Waals surface area (Å²) in [4.78, 5) is 74.7. The number of Topliss-reactive ketones (excluding diaryl/α,β-unsaturated/α-hetero) is 1. The molecule has 0 radical (unpaired) electrons. The second-order valence-corrected chi connectivity index (χ2v) is 9.38. The number of hydrogen-bond acceptors (Lipinski definition) is 13. The first-order valence-electron chi connectivity index (χ1n) is 12.4. The van der Waals surface area contributed by atoms with E-state index in [-0.39, 0.29) is 40.8 Å². The van der Waals surface area contributed by atoms with Crippen LogP contribution in [0.1, 0.15) is 56.2 Å². The molecule has 1 aliphatic heterocycles. The molecule has 0 fully saturated rings. The molecule has 0 bridgehead atoms. The summed E-state index contributed by atoms with van der Waals surface area (Å²) >= 11 is 11.7. The van der Waals surface area contributed by atoms with E-state index in [1.165, 1.54) is 13.2 Å². The van der Waals surface area contributed by atoms with Crippen LogP contribution in [0, 0.1) is 24.0 Å². The molecular weight excluding hydrogens is 597 g/mol. The van der Waals surface area contributed by atoms with Gasteiger partial charge < -0.3 is 15.4 Å². The van der Waals surface area contributed by atoms with Crippen molar-refractivity contribution >= 4 is 64.6 Å². The molecule has 0 amide bonds. The van der Waals surface area contributed by atoms with E-state index in [0.29, 0.717) is 30.0 Å². The molecular formula is C26H31Cl2N5O9. The number of aromatic nitrogens is 2. The maximum absolute atomic E-state index is 11.9. The number of halogens is 2. The van der Waals surface area contributed by atoms with Gasteiger partial charge in [-0.25, -0.2) is 14.8 Å². The normalized spacial score (nSPS) is 13.3. The third-order valence-electron chi connectivity index (χ3n) is 5.65. The number of nitro groups is 1. The van der Waals surface area contributed by atoms with Crippen LogP contribution in [0.4, 0.5) is 17.3 Å². The third-order valence-corrected chi connectivity index (χ3v) is 6.04. The van der Waals surface area contributed by atoms with Gasteiger partial charge >= 0.3 is 24.0 Å². The van der Waals surface area contributed by atoms with Crippen molar-refractivity contribution in [1.29, 1.82) is 0 Å². The molecule has 3 rings (SSSR count). The van der Waals surface area contributed by atoms with E-state index < -0.39 is 16.9 Å². The van der Waals surface area contributed by atoms with E-state index in [4.69, 9.17) is 42.4 Å². The molecule has 16 heteroatoms. The largest absolute Gasteiger partial charge is 0.467 e. The topological polar surface area (TPSA) is 205 Å². The Kier molecular flexibility index (Phi) is 17.8. The Hall–Kier alpha value is -4.22. The van der Waals surface area contributed by atoms with E-state index in [0.717, 1.165) is 29.8 Å². The molecule has 0 saturated heterocycles. The predicted octanol–water partition coefficient (Wildman–Crippen LogP) is 4.29. The summed E-state index contributed by atoms with van der Waals surface area (Å²) in [5.41, 5.74) is 2.20. The Bertz CT molecular complexity index is 1300. The number of pyridine rings is 2. The van der Waals surface area contributed by atoms with Gasteiger partial charge in [0, 0.05) is 17.5 Å². The summed E-state index contributed by atoms with van der Waals surface area (Å²) in [7, 11) is 1.26. The minimum absolute atomic E-state index is 0.0242. The molecule has 2 N–H and O–H groups in total. The van der Waals surface area contributed by atoms with Gasteiger partial charge in [-0.15, -0.1) is 0 Å². The number of nitrogens with one attached hydrogen (secondary N) is 2. The van der Waals surface area contributed by atoms with Crippen LogP contribution in [-0.4, -0.2) is 58.1 Å². The maximum atomic E-state index is 11.9. The Labute approximate surface area is 251 Å². The van der Waals surface area contributed by atoms with Crippen molar-refractivity contribution in [2.24, 2.45) is 0 Å². The molecule has 1 unspecified atom stereocenters. The molecule has 228 valence electrons. The van der Waals surface area contributed by atoms with Crippen LogP contribution in [0.2, 0.25) is 10.3 Å². The van der Waals surface area contributed by atoms with Gasteiger partial charge in [0.1, 0.15) is 22.2 Å². The van der Waals surface area contributed by atoms with Gasteiger partial charge in [-0.05, 0) is 44.4 Å². The lowest BCUT2D eigenvalue weighted by molar-refractivity contribution is -0.384. The highest BCUT2D eigenvalue weighted by Gasteiger charge is 2.27. The van der Waals surface area contributed by atoms with Crippen molar-refractivity contribution in [2.75, 3.05) is 17.7 Å². The van der Waals surface area contributed by atoms with Gasteiger partial charge in [0.05, 0.1) is 18.1 Å². The third kappa shape index (κ3) is 12.1.